The summed E-state index contributed by atoms with van der Waals surface area (Å²) in [6.45, 7) is -0.194. The summed E-state index contributed by atoms with van der Waals surface area (Å²) in [5.41, 5.74) is 2.45. The SMILES string of the molecule is COC(=O)CO/C=C1/C(=O)SCc2ccccc21. The van der Waals surface area contributed by atoms with Gasteiger partial charge in [0.15, 0.2) is 6.61 Å². The van der Waals surface area contributed by atoms with Gasteiger partial charge in [-0.2, -0.15) is 0 Å². The molecule has 2 rings (SSSR count). The van der Waals surface area contributed by atoms with E-state index in [1.807, 2.05) is 24.3 Å². The molecule has 0 spiro atoms. The normalized spacial score (nSPS) is 16.3. The van der Waals surface area contributed by atoms with Gasteiger partial charge in [-0.25, -0.2) is 4.79 Å². The van der Waals surface area contributed by atoms with Gasteiger partial charge in [-0.05, 0) is 11.1 Å². The van der Waals surface area contributed by atoms with Crippen molar-refractivity contribution in [2.24, 2.45) is 0 Å². The van der Waals surface area contributed by atoms with Gasteiger partial charge in [-0.1, -0.05) is 36.0 Å². The molecule has 1 heterocycles. The quantitative estimate of drug-likeness (QED) is 0.475. The molecule has 0 atom stereocenters. The highest BCUT2D eigenvalue weighted by Crippen LogP contribution is 2.33. The fraction of sp³-hybridized carbons (Fsp3) is 0.231. The van der Waals surface area contributed by atoms with Gasteiger partial charge in [0.25, 0.3) is 0 Å². The van der Waals surface area contributed by atoms with E-state index in [9.17, 15) is 9.59 Å². The summed E-state index contributed by atoms with van der Waals surface area (Å²) >= 11 is 1.23. The number of benzene rings is 1. The molecule has 0 aromatic heterocycles. The third-order valence-electron chi connectivity index (χ3n) is 2.52. The lowest BCUT2D eigenvalue weighted by molar-refractivity contribution is -0.144. The molecule has 0 N–H and O–H groups in total. The van der Waals surface area contributed by atoms with E-state index in [0.29, 0.717) is 11.3 Å². The van der Waals surface area contributed by atoms with Crippen LogP contribution in [0.4, 0.5) is 0 Å². The molecule has 0 unspecified atom stereocenters. The molecule has 18 heavy (non-hydrogen) atoms. The Kier molecular flexibility index (Phi) is 4.04. The minimum atomic E-state index is -0.476. The predicted octanol–water partition coefficient (Wildman–Crippen LogP) is 1.99. The zero-order chi connectivity index (χ0) is 13.0. The molecule has 0 aliphatic carbocycles. The fourth-order valence-electron chi connectivity index (χ4n) is 1.60. The van der Waals surface area contributed by atoms with E-state index >= 15 is 0 Å². The third-order valence-corrected chi connectivity index (χ3v) is 3.45. The number of hydrogen-bond acceptors (Lipinski definition) is 5. The molecule has 0 saturated carbocycles. The van der Waals surface area contributed by atoms with Crippen molar-refractivity contribution in [2.45, 2.75) is 5.75 Å². The fourth-order valence-corrected chi connectivity index (χ4v) is 2.46. The number of fused-ring (bicyclic) bond motifs is 1. The number of carbonyl (C=O) groups excluding carboxylic acids is 2. The van der Waals surface area contributed by atoms with Crippen molar-refractivity contribution in [3.8, 4) is 0 Å². The van der Waals surface area contributed by atoms with Crippen LogP contribution < -0.4 is 0 Å². The lowest BCUT2D eigenvalue weighted by Gasteiger charge is -2.16. The van der Waals surface area contributed by atoms with Crippen molar-refractivity contribution in [1.29, 1.82) is 0 Å². The Morgan fingerprint density at radius 2 is 2.22 bits per heavy atom. The van der Waals surface area contributed by atoms with Gasteiger partial charge in [0.2, 0.25) is 5.12 Å². The maximum atomic E-state index is 11.8. The summed E-state index contributed by atoms with van der Waals surface area (Å²) in [4.78, 5) is 22.7. The van der Waals surface area contributed by atoms with Crippen molar-refractivity contribution in [2.75, 3.05) is 13.7 Å². The van der Waals surface area contributed by atoms with E-state index < -0.39 is 5.97 Å². The lowest BCUT2D eigenvalue weighted by Crippen LogP contribution is -2.10. The van der Waals surface area contributed by atoms with Crippen LogP contribution in [0.2, 0.25) is 0 Å². The van der Waals surface area contributed by atoms with Crippen molar-refractivity contribution in [1.82, 2.24) is 0 Å². The van der Waals surface area contributed by atoms with Crippen LogP contribution in [0.25, 0.3) is 5.57 Å². The Labute approximate surface area is 109 Å². The minimum absolute atomic E-state index is 0.0430. The van der Waals surface area contributed by atoms with Crippen molar-refractivity contribution in [3.63, 3.8) is 0 Å². The van der Waals surface area contributed by atoms with Gasteiger partial charge in [0.05, 0.1) is 18.9 Å². The van der Waals surface area contributed by atoms with Gasteiger partial charge in [0, 0.05) is 5.75 Å². The van der Waals surface area contributed by atoms with Crippen LogP contribution in [-0.4, -0.2) is 24.8 Å². The van der Waals surface area contributed by atoms with Crippen LogP contribution in [0, 0.1) is 0 Å². The van der Waals surface area contributed by atoms with Crippen LogP contribution in [0.15, 0.2) is 30.5 Å². The van der Waals surface area contributed by atoms with Crippen LogP contribution in [0.5, 0.6) is 0 Å². The molecule has 0 bridgehead atoms. The molecule has 0 fully saturated rings. The molecule has 1 aliphatic rings. The molecule has 1 aliphatic heterocycles. The molecular formula is C13H12O4S. The summed E-state index contributed by atoms with van der Waals surface area (Å²) in [7, 11) is 1.29. The van der Waals surface area contributed by atoms with Crippen LogP contribution in [-0.2, 0) is 24.8 Å². The Hall–Kier alpha value is -1.75. The molecule has 1 aromatic rings. The molecule has 0 amide bonds. The average molecular weight is 264 g/mol. The summed E-state index contributed by atoms with van der Waals surface area (Å²) < 4.78 is 9.53. The summed E-state index contributed by atoms with van der Waals surface area (Å²) in [5.74, 6) is 0.194. The standard InChI is InChI=1S/C13H12O4S/c1-16-12(14)7-17-6-11-10-5-3-2-4-9(10)8-18-13(11)15/h2-6H,7-8H2,1H3/b11-6+. The van der Waals surface area contributed by atoms with Gasteiger partial charge in [-0.15, -0.1) is 0 Å². The van der Waals surface area contributed by atoms with E-state index in [-0.39, 0.29) is 11.7 Å². The Morgan fingerprint density at radius 1 is 1.44 bits per heavy atom. The molecule has 0 saturated heterocycles. The van der Waals surface area contributed by atoms with Gasteiger partial charge < -0.3 is 9.47 Å². The number of methoxy groups -OCH3 is 1. The zero-order valence-electron chi connectivity index (χ0n) is 9.84. The van der Waals surface area contributed by atoms with Crippen LogP contribution in [0.3, 0.4) is 0 Å². The van der Waals surface area contributed by atoms with Gasteiger partial charge >= 0.3 is 5.97 Å². The van der Waals surface area contributed by atoms with Crippen molar-refractivity contribution >= 4 is 28.4 Å². The smallest absolute Gasteiger partial charge is 0.343 e. The first kappa shape index (κ1) is 12.7. The zero-order valence-corrected chi connectivity index (χ0v) is 10.7. The van der Waals surface area contributed by atoms with Crippen molar-refractivity contribution < 1.29 is 19.1 Å². The highest BCUT2D eigenvalue weighted by Gasteiger charge is 2.22. The van der Waals surface area contributed by atoms with E-state index in [0.717, 1.165) is 11.1 Å². The summed E-state index contributed by atoms with van der Waals surface area (Å²) in [6, 6.07) is 7.65. The maximum Gasteiger partial charge on any atom is 0.343 e. The van der Waals surface area contributed by atoms with E-state index in [1.165, 1.54) is 25.1 Å². The number of thioether (sulfide) groups is 1. The average Bonchev–Trinajstić information content (AvgIpc) is 2.41. The van der Waals surface area contributed by atoms with E-state index in [1.54, 1.807) is 0 Å². The number of hydrogen-bond donors (Lipinski definition) is 0. The second-order valence-electron chi connectivity index (χ2n) is 3.65. The Balaban J connectivity index is 2.18. The first-order valence-electron chi connectivity index (χ1n) is 5.36. The van der Waals surface area contributed by atoms with E-state index in [2.05, 4.69) is 4.74 Å². The molecule has 0 radical (unpaired) electrons. The number of rotatable bonds is 3. The maximum absolute atomic E-state index is 11.8. The molecule has 1 aromatic carbocycles. The third kappa shape index (κ3) is 2.73. The van der Waals surface area contributed by atoms with Gasteiger partial charge in [0.1, 0.15) is 0 Å². The molecular weight excluding hydrogens is 252 g/mol. The molecule has 4 nitrogen and oxygen atoms in total. The lowest BCUT2D eigenvalue weighted by atomic mass is 10.0. The van der Waals surface area contributed by atoms with Crippen LogP contribution in [0.1, 0.15) is 11.1 Å². The first-order chi connectivity index (χ1) is 8.72. The van der Waals surface area contributed by atoms with Crippen LogP contribution >= 0.6 is 11.8 Å². The van der Waals surface area contributed by atoms with E-state index in [4.69, 9.17) is 4.74 Å². The topological polar surface area (TPSA) is 52.6 Å². The number of esters is 1. The highest BCUT2D eigenvalue weighted by atomic mass is 32.2. The number of carbonyl (C=O) groups is 2. The first-order valence-corrected chi connectivity index (χ1v) is 6.35. The second kappa shape index (κ2) is 5.73. The van der Waals surface area contributed by atoms with Crippen molar-refractivity contribution in [3.05, 3.63) is 41.7 Å². The number of ether oxygens (including phenoxy) is 2. The highest BCUT2D eigenvalue weighted by molar-refractivity contribution is 8.14. The second-order valence-corrected chi connectivity index (χ2v) is 4.60. The van der Waals surface area contributed by atoms with Gasteiger partial charge in [-0.3, -0.25) is 4.79 Å². The Bertz CT molecular complexity index is 507. The summed E-state index contributed by atoms with van der Waals surface area (Å²) in [5, 5.41) is -0.0430. The molecule has 94 valence electrons. The molecule has 5 heteroatoms. The summed E-state index contributed by atoms with van der Waals surface area (Å²) in [6.07, 6.45) is 1.34. The largest absolute Gasteiger partial charge is 0.489 e. The Morgan fingerprint density at radius 3 is 3.00 bits per heavy atom. The predicted molar refractivity (Wildman–Crippen MR) is 68.7 cm³/mol. The minimum Gasteiger partial charge on any atom is -0.489 e. The monoisotopic (exact) mass is 264 g/mol.